The molecule has 0 aromatic heterocycles. The molecule has 5 heteroatoms. The summed E-state index contributed by atoms with van der Waals surface area (Å²) < 4.78 is 4.57. The van der Waals surface area contributed by atoms with Crippen molar-refractivity contribution in [2.24, 2.45) is 0 Å². The Labute approximate surface area is 112 Å². The lowest BCUT2D eigenvalue weighted by atomic mass is 10.1. The van der Waals surface area contributed by atoms with E-state index >= 15 is 0 Å². The second-order valence-corrected chi connectivity index (χ2v) is 4.22. The van der Waals surface area contributed by atoms with Crippen LogP contribution in [-0.2, 0) is 14.3 Å². The van der Waals surface area contributed by atoms with Crippen LogP contribution in [0.15, 0.2) is 29.8 Å². The maximum absolute atomic E-state index is 11.5. The molecule has 0 aliphatic carbocycles. The van der Waals surface area contributed by atoms with Crippen molar-refractivity contribution < 1.29 is 19.4 Å². The molecular formula is C14H17NO4. The van der Waals surface area contributed by atoms with Gasteiger partial charge in [-0.25, -0.2) is 4.79 Å². The summed E-state index contributed by atoms with van der Waals surface area (Å²) in [6.07, 6.45) is 1.17. The monoisotopic (exact) mass is 263 g/mol. The molecule has 0 heterocycles. The number of carbonyl (C=O) groups excluding carboxylic acids is 1. The van der Waals surface area contributed by atoms with Crippen LogP contribution in [0.25, 0.3) is 6.08 Å². The van der Waals surface area contributed by atoms with Crippen LogP contribution < -0.4 is 4.90 Å². The van der Waals surface area contributed by atoms with E-state index in [1.165, 1.54) is 13.2 Å². The third-order valence-corrected chi connectivity index (χ3v) is 2.54. The molecule has 0 unspecified atom stereocenters. The number of hydrogen-bond acceptors (Lipinski definition) is 4. The standard InChI is InChI=1S/C14H17NO4/c1-15(2)12-6-4-10(5-7-12)8-11(9-13(16)17)14(18)19-3/h4-8H,9H2,1-3H3,(H,16,17)/b11-8+. The first-order chi connectivity index (χ1) is 8.93. The molecule has 1 rings (SSSR count). The molecule has 0 saturated heterocycles. The Balaban J connectivity index is 3.00. The van der Waals surface area contributed by atoms with Crippen LogP contribution in [0.2, 0.25) is 0 Å². The summed E-state index contributed by atoms with van der Waals surface area (Å²) in [6, 6.07) is 7.42. The van der Waals surface area contributed by atoms with E-state index < -0.39 is 11.9 Å². The third kappa shape index (κ3) is 4.46. The van der Waals surface area contributed by atoms with Gasteiger partial charge in [0.25, 0.3) is 0 Å². The van der Waals surface area contributed by atoms with Crippen molar-refractivity contribution in [2.45, 2.75) is 6.42 Å². The van der Waals surface area contributed by atoms with E-state index in [-0.39, 0.29) is 12.0 Å². The van der Waals surface area contributed by atoms with Crippen LogP contribution in [0.1, 0.15) is 12.0 Å². The molecule has 0 saturated carbocycles. The van der Waals surface area contributed by atoms with Gasteiger partial charge in [-0.05, 0) is 23.8 Å². The maximum atomic E-state index is 11.5. The number of methoxy groups -OCH3 is 1. The Kier molecular flexibility index (Phi) is 5.11. The van der Waals surface area contributed by atoms with Gasteiger partial charge in [0, 0.05) is 25.4 Å². The molecule has 0 bridgehead atoms. The number of carboxylic acids is 1. The van der Waals surface area contributed by atoms with E-state index in [1.807, 2.05) is 43.3 Å². The van der Waals surface area contributed by atoms with Crippen molar-refractivity contribution in [3.63, 3.8) is 0 Å². The first-order valence-electron chi connectivity index (χ1n) is 5.72. The molecule has 102 valence electrons. The van der Waals surface area contributed by atoms with Gasteiger partial charge in [0.2, 0.25) is 0 Å². The van der Waals surface area contributed by atoms with Gasteiger partial charge in [-0.1, -0.05) is 12.1 Å². The zero-order valence-electron chi connectivity index (χ0n) is 11.2. The Bertz CT molecular complexity index is 489. The molecular weight excluding hydrogens is 246 g/mol. The minimum atomic E-state index is -1.07. The molecule has 1 aromatic rings. The second-order valence-electron chi connectivity index (χ2n) is 4.22. The molecule has 0 amide bonds. The SMILES string of the molecule is COC(=O)/C(=C/c1ccc(N(C)C)cc1)CC(=O)O. The van der Waals surface area contributed by atoms with E-state index in [0.29, 0.717) is 0 Å². The predicted octanol–water partition coefficient (Wildman–Crippen LogP) is 1.78. The molecule has 0 spiro atoms. The fourth-order valence-corrected chi connectivity index (χ4v) is 1.55. The Morgan fingerprint density at radius 2 is 1.84 bits per heavy atom. The van der Waals surface area contributed by atoms with Crippen molar-refractivity contribution in [1.29, 1.82) is 0 Å². The number of carbonyl (C=O) groups is 2. The number of nitrogens with zero attached hydrogens (tertiary/aromatic N) is 1. The average Bonchev–Trinajstić information content (AvgIpc) is 2.37. The van der Waals surface area contributed by atoms with Crippen molar-refractivity contribution >= 4 is 23.7 Å². The normalized spacial score (nSPS) is 11.0. The van der Waals surface area contributed by atoms with Crippen LogP contribution in [0, 0.1) is 0 Å². The van der Waals surface area contributed by atoms with Crippen LogP contribution in [0.4, 0.5) is 5.69 Å². The number of ether oxygens (including phenoxy) is 1. The van der Waals surface area contributed by atoms with Gasteiger partial charge in [0.05, 0.1) is 13.5 Å². The van der Waals surface area contributed by atoms with E-state index in [0.717, 1.165) is 11.3 Å². The van der Waals surface area contributed by atoms with Crippen molar-refractivity contribution in [1.82, 2.24) is 0 Å². The highest BCUT2D eigenvalue weighted by molar-refractivity contribution is 5.97. The van der Waals surface area contributed by atoms with Crippen LogP contribution in [0.3, 0.4) is 0 Å². The summed E-state index contributed by atoms with van der Waals surface area (Å²) in [7, 11) is 5.08. The lowest BCUT2D eigenvalue weighted by Crippen LogP contribution is -2.09. The highest BCUT2D eigenvalue weighted by atomic mass is 16.5. The van der Waals surface area contributed by atoms with Gasteiger partial charge in [0.1, 0.15) is 0 Å². The number of anilines is 1. The molecule has 0 atom stereocenters. The van der Waals surface area contributed by atoms with E-state index in [9.17, 15) is 9.59 Å². The second kappa shape index (κ2) is 6.58. The summed E-state index contributed by atoms with van der Waals surface area (Å²) in [5.74, 6) is -1.69. The van der Waals surface area contributed by atoms with Crippen LogP contribution in [0.5, 0.6) is 0 Å². The fraction of sp³-hybridized carbons (Fsp3) is 0.286. The smallest absolute Gasteiger partial charge is 0.334 e. The number of hydrogen-bond donors (Lipinski definition) is 1. The Hall–Kier alpha value is -2.30. The van der Waals surface area contributed by atoms with Crippen molar-refractivity contribution in [3.05, 3.63) is 35.4 Å². The van der Waals surface area contributed by atoms with E-state index in [1.54, 1.807) is 0 Å². The number of carboxylic acid groups (broad SMARTS) is 1. The number of rotatable bonds is 5. The quantitative estimate of drug-likeness (QED) is 0.648. The maximum Gasteiger partial charge on any atom is 0.334 e. The van der Waals surface area contributed by atoms with Gasteiger partial charge in [-0.3, -0.25) is 4.79 Å². The van der Waals surface area contributed by atoms with Gasteiger partial charge < -0.3 is 14.7 Å². The molecule has 5 nitrogen and oxygen atoms in total. The molecule has 0 radical (unpaired) electrons. The number of aliphatic carboxylic acids is 1. The van der Waals surface area contributed by atoms with Crippen LogP contribution >= 0.6 is 0 Å². The van der Waals surface area contributed by atoms with Crippen molar-refractivity contribution in [3.8, 4) is 0 Å². The highest BCUT2D eigenvalue weighted by Crippen LogP contribution is 2.16. The molecule has 0 fully saturated rings. The highest BCUT2D eigenvalue weighted by Gasteiger charge is 2.13. The van der Waals surface area contributed by atoms with Crippen LogP contribution in [-0.4, -0.2) is 38.3 Å². The summed E-state index contributed by atoms with van der Waals surface area (Å²) in [6.45, 7) is 0. The summed E-state index contributed by atoms with van der Waals surface area (Å²) in [5, 5.41) is 8.77. The molecule has 19 heavy (non-hydrogen) atoms. The van der Waals surface area contributed by atoms with Gasteiger partial charge in [0.15, 0.2) is 0 Å². The molecule has 1 N–H and O–H groups in total. The predicted molar refractivity (Wildman–Crippen MR) is 73.0 cm³/mol. The van der Waals surface area contributed by atoms with Gasteiger partial charge in [-0.15, -0.1) is 0 Å². The third-order valence-electron chi connectivity index (χ3n) is 2.54. The molecule has 0 aliphatic rings. The molecule has 1 aromatic carbocycles. The number of esters is 1. The zero-order chi connectivity index (χ0) is 14.4. The minimum Gasteiger partial charge on any atom is -0.481 e. The van der Waals surface area contributed by atoms with Crippen molar-refractivity contribution in [2.75, 3.05) is 26.1 Å². The fourth-order valence-electron chi connectivity index (χ4n) is 1.55. The van der Waals surface area contributed by atoms with E-state index in [4.69, 9.17) is 5.11 Å². The zero-order valence-corrected chi connectivity index (χ0v) is 11.2. The Morgan fingerprint density at radius 1 is 1.26 bits per heavy atom. The van der Waals surface area contributed by atoms with E-state index in [2.05, 4.69) is 4.74 Å². The minimum absolute atomic E-state index is 0.118. The van der Waals surface area contributed by atoms with Gasteiger partial charge >= 0.3 is 11.9 Å². The summed E-state index contributed by atoms with van der Waals surface area (Å²) >= 11 is 0. The largest absolute Gasteiger partial charge is 0.481 e. The lowest BCUT2D eigenvalue weighted by molar-refractivity contribution is -0.141. The number of benzene rings is 1. The molecule has 0 aliphatic heterocycles. The topological polar surface area (TPSA) is 66.8 Å². The Morgan fingerprint density at radius 3 is 2.26 bits per heavy atom. The first-order valence-corrected chi connectivity index (χ1v) is 5.72. The summed E-state index contributed by atoms with van der Waals surface area (Å²) in [5.41, 5.74) is 1.90. The first kappa shape index (κ1) is 14.8. The van der Waals surface area contributed by atoms with Gasteiger partial charge in [-0.2, -0.15) is 0 Å². The average molecular weight is 263 g/mol. The lowest BCUT2D eigenvalue weighted by Gasteiger charge is -2.12. The summed E-state index contributed by atoms with van der Waals surface area (Å²) in [4.78, 5) is 24.1.